The van der Waals surface area contributed by atoms with E-state index in [1.807, 2.05) is 0 Å². The minimum absolute atomic E-state index is 0.228. The van der Waals surface area contributed by atoms with Gasteiger partial charge in [0.25, 0.3) is 0 Å². The highest BCUT2D eigenvalue weighted by Crippen LogP contribution is 2.32. The quantitative estimate of drug-likeness (QED) is 0.595. The molecule has 0 bridgehead atoms. The van der Waals surface area contributed by atoms with Crippen LogP contribution in [0.4, 0.5) is 13.2 Å². The molecule has 2 aromatic heterocycles. The zero-order chi connectivity index (χ0) is 19.6. The first-order valence-corrected chi connectivity index (χ1v) is 8.99. The molecule has 0 N–H and O–H groups in total. The highest BCUT2D eigenvalue weighted by Gasteiger charge is 2.30. The second-order valence-electron chi connectivity index (χ2n) is 5.75. The summed E-state index contributed by atoms with van der Waals surface area (Å²) in [6.07, 6.45) is -4.41. The Kier molecular flexibility index (Phi) is 5.31. The number of alkyl halides is 3. The number of hydrogen-bond donors (Lipinski definition) is 0. The molecule has 3 rings (SSSR count). The van der Waals surface area contributed by atoms with Crippen LogP contribution in [-0.2, 0) is 17.5 Å². The summed E-state index contributed by atoms with van der Waals surface area (Å²) in [7, 11) is 0. The van der Waals surface area contributed by atoms with Crippen LogP contribution in [0, 0.1) is 6.92 Å². The fraction of sp³-hybridized carbons (Fsp3) is 0.278. The topological polar surface area (TPSA) is 57.0 Å². The fourth-order valence-corrected chi connectivity index (χ4v) is 3.32. The Balaban J connectivity index is 1.85. The first-order chi connectivity index (χ1) is 12.8. The molecule has 1 aromatic carbocycles. The molecule has 0 aliphatic carbocycles. The van der Waals surface area contributed by atoms with E-state index in [1.54, 1.807) is 31.4 Å². The van der Waals surface area contributed by atoms with Crippen LogP contribution < -0.4 is 0 Å². The van der Waals surface area contributed by atoms with Crippen molar-refractivity contribution in [2.45, 2.75) is 26.6 Å². The van der Waals surface area contributed by atoms with Crippen LogP contribution in [0.3, 0.4) is 0 Å². The lowest BCUT2D eigenvalue weighted by Crippen LogP contribution is -2.14. The molecule has 0 unspecified atom stereocenters. The molecule has 0 aliphatic heterocycles. The standard InChI is InChI=1S/C18H16F3N3O2S/c1-3-26-17(25)15-7-11(2)23-24(15)9-16-22-14(10-27-16)12-5-4-6-13(8-12)18(19,20)21/h4-8,10H,3,9H2,1-2H3. The first-order valence-electron chi connectivity index (χ1n) is 8.11. The average Bonchev–Trinajstić information content (AvgIpc) is 3.21. The van der Waals surface area contributed by atoms with E-state index in [0.717, 1.165) is 12.1 Å². The van der Waals surface area contributed by atoms with Gasteiger partial charge in [-0.2, -0.15) is 18.3 Å². The van der Waals surface area contributed by atoms with Crippen LogP contribution in [0.5, 0.6) is 0 Å². The van der Waals surface area contributed by atoms with Crippen molar-refractivity contribution in [3.8, 4) is 11.3 Å². The van der Waals surface area contributed by atoms with Crippen molar-refractivity contribution >= 4 is 17.3 Å². The molecule has 0 saturated carbocycles. The minimum atomic E-state index is -4.41. The monoisotopic (exact) mass is 395 g/mol. The fourth-order valence-electron chi connectivity index (χ4n) is 2.53. The third kappa shape index (κ3) is 4.36. The maximum Gasteiger partial charge on any atom is 0.416 e. The van der Waals surface area contributed by atoms with E-state index in [4.69, 9.17) is 4.74 Å². The second-order valence-corrected chi connectivity index (χ2v) is 6.70. The number of aromatic nitrogens is 3. The molecule has 27 heavy (non-hydrogen) atoms. The Bertz CT molecular complexity index is 963. The predicted octanol–water partition coefficient (Wildman–Crippen LogP) is 4.56. The molecule has 0 spiro atoms. The van der Waals surface area contributed by atoms with Crippen LogP contribution in [-0.4, -0.2) is 27.3 Å². The Labute approximate surface area is 157 Å². The van der Waals surface area contributed by atoms with E-state index in [9.17, 15) is 18.0 Å². The maximum absolute atomic E-state index is 12.9. The SMILES string of the molecule is CCOC(=O)c1cc(C)nn1Cc1nc(-c2cccc(C(F)(F)F)c2)cs1. The van der Waals surface area contributed by atoms with Crippen LogP contribution >= 0.6 is 11.3 Å². The summed E-state index contributed by atoms with van der Waals surface area (Å²) in [5.41, 5.74) is 1.08. The largest absolute Gasteiger partial charge is 0.461 e. The van der Waals surface area contributed by atoms with Gasteiger partial charge in [-0.3, -0.25) is 4.68 Å². The lowest BCUT2D eigenvalue weighted by Gasteiger charge is -2.07. The Morgan fingerprint density at radius 2 is 2.07 bits per heavy atom. The van der Waals surface area contributed by atoms with Crippen molar-refractivity contribution in [3.05, 3.63) is 57.7 Å². The number of thiazole rings is 1. The summed E-state index contributed by atoms with van der Waals surface area (Å²) in [5.74, 6) is -0.479. The third-order valence-corrected chi connectivity index (χ3v) is 4.54. The number of benzene rings is 1. The molecule has 3 aromatic rings. The zero-order valence-electron chi connectivity index (χ0n) is 14.6. The Morgan fingerprint density at radius 1 is 1.30 bits per heavy atom. The van der Waals surface area contributed by atoms with E-state index in [0.29, 0.717) is 27.7 Å². The third-order valence-electron chi connectivity index (χ3n) is 3.71. The summed E-state index contributed by atoms with van der Waals surface area (Å²) in [4.78, 5) is 16.4. The van der Waals surface area contributed by atoms with Gasteiger partial charge in [-0.1, -0.05) is 12.1 Å². The molecule has 0 aliphatic rings. The zero-order valence-corrected chi connectivity index (χ0v) is 15.4. The van der Waals surface area contributed by atoms with Crippen molar-refractivity contribution in [3.63, 3.8) is 0 Å². The highest BCUT2D eigenvalue weighted by atomic mass is 32.1. The van der Waals surface area contributed by atoms with Crippen molar-refractivity contribution in [1.82, 2.24) is 14.8 Å². The number of halogens is 3. The predicted molar refractivity (Wildman–Crippen MR) is 94.6 cm³/mol. The number of rotatable bonds is 5. The van der Waals surface area contributed by atoms with Crippen molar-refractivity contribution < 1.29 is 22.7 Å². The number of carbonyl (C=O) groups excluding carboxylic acids is 1. The molecule has 9 heteroatoms. The van der Waals surface area contributed by atoms with Gasteiger partial charge >= 0.3 is 12.1 Å². The first kappa shape index (κ1) is 19.1. The number of esters is 1. The molecule has 0 radical (unpaired) electrons. The maximum atomic E-state index is 12.9. The summed E-state index contributed by atoms with van der Waals surface area (Å²) >= 11 is 1.29. The Hall–Kier alpha value is -2.68. The van der Waals surface area contributed by atoms with Crippen LogP contribution in [0.25, 0.3) is 11.3 Å². The van der Waals surface area contributed by atoms with E-state index >= 15 is 0 Å². The molecular weight excluding hydrogens is 379 g/mol. The molecule has 0 amide bonds. The molecule has 5 nitrogen and oxygen atoms in total. The van der Waals surface area contributed by atoms with E-state index < -0.39 is 17.7 Å². The Morgan fingerprint density at radius 3 is 2.78 bits per heavy atom. The van der Waals surface area contributed by atoms with Gasteiger partial charge in [-0.15, -0.1) is 11.3 Å². The van der Waals surface area contributed by atoms with Gasteiger partial charge in [0.1, 0.15) is 10.7 Å². The molecule has 0 saturated heterocycles. The molecule has 0 fully saturated rings. The van der Waals surface area contributed by atoms with Gasteiger partial charge in [-0.25, -0.2) is 9.78 Å². The van der Waals surface area contributed by atoms with Gasteiger partial charge in [0.2, 0.25) is 0 Å². The van der Waals surface area contributed by atoms with Gasteiger partial charge < -0.3 is 4.74 Å². The normalized spacial score (nSPS) is 11.6. The summed E-state index contributed by atoms with van der Waals surface area (Å²) in [5, 5.41) is 6.58. The molecule has 0 atom stereocenters. The van der Waals surface area contributed by atoms with E-state index in [-0.39, 0.29) is 13.2 Å². The number of carbonyl (C=O) groups is 1. The van der Waals surface area contributed by atoms with Crippen LogP contribution in [0.1, 0.15) is 33.7 Å². The number of aryl methyl sites for hydroxylation is 1. The number of hydrogen-bond acceptors (Lipinski definition) is 5. The summed E-state index contributed by atoms with van der Waals surface area (Å²) in [6, 6.07) is 6.65. The van der Waals surface area contributed by atoms with Crippen molar-refractivity contribution in [2.75, 3.05) is 6.61 Å². The van der Waals surface area contributed by atoms with Crippen molar-refractivity contribution in [2.24, 2.45) is 0 Å². The van der Waals surface area contributed by atoms with Crippen molar-refractivity contribution in [1.29, 1.82) is 0 Å². The van der Waals surface area contributed by atoms with E-state index in [1.165, 1.54) is 22.1 Å². The minimum Gasteiger partial charge on any atom is -0.461 e. The lowest BCUT2D eigenvalue weighted by atomic mass is 10.1. The molecular formula is C18H16F3N3O2S. The second kappa shape index (κ2) is 7.51. The van der Waals surface area contributed by atoms with Crippen LogP contribution in [0.15, 0.2) is 35.7 Å². The van der Waals surface area contributed by atoms with E-state index in [2.05, 4.69) is 10.1 Å². The van der Waals surface area contributed by atoms with Gasteiger partial charge in [0.15, 0.2) is 0 Å². The summed E-state index contributed by atoms with van der Waals surface area (Å²) < 4.78 is 45.2. The number of ether oxygens (including phenoxy) is 1. The number of nitrogens with zero attached hydrogens (tertiary/aromatic N) is 3. The van der Waals surface area contributed by atoms with Gasteiger partial charge in [-0.05, 0) is 32.0 Å². The van der Waals surface area contributed by atoms with Gasteiger partial charge in [0, 0.05) is 10.9 Å². The van der Waals surface area contributed by atoms with Crippen LogP contribution in [0.2, 0.25) is 0 Å². The smallest absolute Gasteiger partial charge is 0.416 e. The van der Waals surface area contributed by atoms with Gasteiger partial charge in [0.05, 0.1) is 30.1 Å². The average molecular weight is 395 g/mol. The highest BCUT2D eigenvalue weighted by molar-refractivity contribution is 7.09. The lowest BCUT2D eigenvalue weighted by molar-refractivity contribution is -0.137. The molecule has 142 valence electrons. The molecule has 2 heterocycles. The summed E-state index contributed by atoms with van der Waals surface area (Å²) in [6.45, 7) is 3.95.